The largest absolute Gasteiger partial charge is 0.494 e. The van der Waals surface area contributed by atoms with E-state index >= 15 is 0 Å². The number of carbonyl (C=O) groups excluding carboxylic acids is 1. The lowest BCUT2D eigenvalue weighted by atomic mass is 10.2. The van der Waals surface area contributed by atoms with Crippen molar-refractivity contribution in [2.24, 2.45) is 5.10 Å². The standard InChI is InChI=1S/C28H31ClN2O5/c1-3-5-16-34-24-11-13-25(14-12-24)35-20-28(32)31-30-18-22-8-15-26(27(17-22)33-4-2)36-19-21-6-9-23(29)10-7-21/h6-15,17-18H,3-5,16,19-20H2,1-2H3,(H,31,32)/b30-18-. The van der Waals surface area contributed by atoms with Crippen LogP contribution >= 0.6 is 11.6 Å². The van der Waals surface area contributed by atoms with E-state index in [0.29, 0.717) is 42.1 Å². The molecule has 3 aromatic carbocycles. The topological polar surface area (TPSA) is 78.4 Å². The maximum absolute atomic E-state index is 12.1. The minimum Gasteiger partial charge on any atom is -0.494 e. The number of unbranched alkanes of at least 4 members (excludes halogenated alkanes) is 1. The van der Waals surface area contributed by atoms with Crippen molar-refractivity contribution in [2.75, 3.05) is 19.8 Å². The lowest BCUT2D eigenvalue weighted by molar-refractivity contribution is -0.123. The van der Waals surface area contributed by atoms with Crippen LogP contribution in [0.5, 0.6) is 23.0 Å². The van der Waals surface area contributed by atoms with Crippen molar-refractivity contribution < 1.29 is 23.7 Å². The third-order valence-electron chi connectivity index (χ3n) is 4.94. The zero-order chi connectivity index (χ0) is 25.6. The lowest BCUT2D eigenvalue weighted by Gasteiger charge is -2.12. The van der Waals surface area contributed by atoms with Gasteiger partial charge in [-0.1, -0.05) is 37.1 Å². The number of carbonyl (C=O) groups is 1. The second kappa shape index (κ2) is 14.6. The van der Waals surface area contributed by atoms with Gasteiger partial charge in [0.15, 0.2) is 18.1 Å². The first-order valence-electron chi connectivity index (χ1n) is 11.9. The van der Waals surface area contributed by atoms with Crippen LogP contribution < -0.4 is 24.4 Å². The number of nitrogens with one attached hydrogen (secondary N) is 1. The minimum absolute atomic E-state index is 0.158. The molecule has 0 saturated heterocycles. The van der Waals surface area contributed by atoms with Gasteiger partial charge in [-0.25, -0.2) is 5.43 Å². The Labute approximate surface area is 217 Å². The van der Waals surface area contributed by atoms with E-state index in [1.807, 2.05) is 55.5 Å². The van der Waals surface area contributed by atoms with Crippen LogP contribution in [-0.2, 0) is 11.4 Å². The van der Waals surface area contributed by atoms with Gasteiger partial charge in [-0.05, 0) is 79.1 Å². The quantitative estimate of drug-likeness (QED) is 0.163. The van der Waals surface area contributed by atoms with Crippen molar-refractivity contribution in [3.8, 4) is 23.0 Å². The Balaban J connectivity index is 1.47. The van der Waals surface area contributed by atoms with Crippen LogP contribution in [-0.4, -0.2) is 31.9 Å². The summed E-state index contributed by atoms with van der Waals surface area (Å²) in [6, 6.07) is 20.1. The average Bonchev–Trinajstić information content (AvgIpc) is 2.89. The van der Waals surface area contributed by atoms with Gasteiger partial charge in [0.2, 0.25) is 0 Å². The van der Waals surface area contributed by atoms with Gasteiger partial charge < -0.3 is 18.9 Å². The predicted molar refractivity (Wildman–Crippen MR) is 141 cm³/mol. The number of hydrogen-bond acceptors (Lipinski definition) is 6. The highest BCUT2D eigenvalue weighted by Crippen LogP contribution is 2.29. The van der Waals surface area contributed by atoms with Gasteiger partial charge in [0.05, 0.1) is 19.4 Å². The third kappa shape index (κ3) is 9.15. The van der Waals surface area contributed by atoms with Gasteiger partial charge in [-0.3, -0.25) is 4.79 Å². The smallest absolute Gasteiger partial charge is 0.277 e. The number of hydrogen-bond donors (Lipinski definition) is 1. The van der Waals surface area contributed by atoms with Gasteiger partial charge in [-0.15, -0.1) is 0 Å². The molecule has 0 aromatic heterocycles. The van der Waals surface area contributed by atoms with E-state index in [0.717, 1.165) is 29.7 Å². The number of nitrogens with zero attached hydrogens (tertiary/aromatic N) is 1. The zero-order valence-electron chi connectivity index (χ0n) is 20.5. The Kier molecular flexibility index (Phi) is 10.9. The van der Waals surface area contributed by atoms with E-state index in [1.165, 1.54) is 6.21 Å². The molecule has 0 heterocycles. The monoisotopic (exact) mass is 510 g/mol. The number of benzene rings is 3. The minimum atomic E-state index is -0.373. The summed E-state index contributed by atoms with van der Waals surface area (Å²) in [5.41, 5.74) is 4.20. The Morgan fingerprint density at radius 1 is 0.889 bits per heavy atom. The van der Waals surface area contributed by atoms with Crippen LogP contribution in [0.15, 0.2) is 71.8 Å². The molecule has 0 bridgehead atoms. The molecule has 8 heteroatoms. The van der Waals surface area contributed by atoms with Crippen LogP contribution in [0.4, 0.5) is 0 Å². The Bertz CT molecular complexity index is 1120. The fraction of sp³-hybridized carbons (Fsp3) is 0.286. The van der Waals surface area contributed by atoms with Crippen molar-refractivity contribution in [3.05, 3.63) is 82.9 Å². The van der Waals surface area contributed by atoms with Crippen molar-refractivity contribution in [1.82, 2.24) is 5.43 Å². The highest BCUT2D eigenvalue weighted by atomic mass is 35.5. The van der Waals surface area contributed by atoms with E-state index < -0.39 is 0 Å². The van der Waals surface area contributed by atoms with E-state index in [9.17, 15) is 4.79 Å². The summed E-state index contributed by atoms with van der Waals surface area (Å²) in [7, 11) is 0. The predicted octanol–water partition coefficient (Wildman–Crippen LogP) is 6.03. The molecular formula is C28H31ClN2O5. The normalized spacial score (nSPS) is 10.8. The zero-order valence-corrected chi connectivity index (χ0v) is 21.3. The summed E-state index contributed by atoms with van der Waals surface area (Å²) in [6.45, 7) is 5.41. The SMILES string of the molecule is CCCCOc1ccc(OCC(=O)N/N=C\c2ccc(OCc3ccc(Cl)cc3)c(OCC)c2)cc1. The molecule has 36 heavy (non-hydrogen) atoms. The fourth-order valence-electron chi connectivity index (χ4n) is 3.06. The highest BCUT2D eigenvalue weighted by molar-refractivity contribution is 6.30. The van der Waals surface area contributed by atoms with Crippen molar-refractivity contribution in [1.29, 1.82) is 0 Å². The molecule has 190 valence electrons. The van der Waals surface area contributed by atoms with Crippen LogP contribution in [0, 0.1) is 0 Å². The first-order chi connectivity index (χ1) is 17.6. The fourth-order valence-corrected chi connectivity index (χ4v) is 3.19. The Morgan fingerprint density at radius 2 is 1.61 bits per heavy atom. The molecule has 0 fully saturated rings. The molecule has 3 rings (SSSR count). The maximum Gasteiger partial charge on any atom is 0.277 e. The summed E-state index contributed by atoms with van der Waals surface area (Å²) in [5, 5.41) is 4.69. The molecular weight excluding hydrogens is 480 g/mol. The van der Waals surface area contributed by atoms with Crippen LogP contribution in [0.2, 0.25) is 5.02 Å². The molecule has 0 aliphatic rings. The molecule has 0 aliphatic carbocycles. The summed E-state index contributed by atoms with van der Waals surface area (Å²) in [6.07, 6.45) is 3.62. The van der Waals surface area contributed by atoms with E-state index in [-0.39, 0.29) is 12.5 Å². The molecule has 0 spiro atoms. The second-order valence-corrected chi connectivity index (χ2v) is 8.25. The van der Waals surface area contributed by atoms with Crippen LogP contribution in [0.3, 0.4) is 0 Å². The van der Waals surface area contributed by atoms with Gasteiger partial charge in [-0.2, -0.15) is 5.10 Å². The molecule has 0 unspecified atom stereocenters. The van der Waals surface area contributed by atoms with Crippen molar-refractivity contribution >= 4 is 23.7 Å². The number of ether oxygens (including phenoxy) is 4. The lowest BCUT2D eigenvalue weighted by Crippen LogP contribution is -2.24. The molecule has 0 radical (unpaired) electrons. The van der Waals surface area contributed by atoms with Gasteiger partial charge >= 0.3 is 0 Å². The third-order valence-corrected chi connectivity index (χ3v) is 5.19. The number of hydrazone groups is 1. The summed E-state index contributed by atoms with van der Waals surface area (Å²) in [4.78, 5) is 12.1. The summed E-state index contributed by atoms with van der Waals surface area (Å²) >= 11 is 5.93. The Morgan fingerprint density at radius 3 is 2.31 bits per heavy atom. The van der Waals surface area contributed by atoms with E-state index in [2.05, 4.69) is 17.5 Å². The average molecular weight is 511 g/mol. The number of amides is 1. The second-order valence-electron chi connectivity index (χ2n) is 7.81. The van der Waals surface area contributed by atoms with E-state index in [1.54, 1.807) is 18.2 Å². The molecule has 3 aromatic rings. The molecule has 1 N–H and O–H groups in total. The van der Waals surface area contributed by atoms with Crippen LogP contribution in [0.25, 0.3) is 0 Å². The first kappa shape index (κ1) is 26.9. The van der Waals surface area contributed by atoms with Crippen molar-refractivity contribution in [3.63, 3.8) is 0 Å². The van der Waals surface area contributed by atoms with Crippen molar-refractivity contribution in [2.45, 2.75) is 33.3 Å². The maximum atomic E-state index is 12.1. The van der Waals surface area contributed by atoms with Gasteiger partial charge in [0.25, 0.3) is 5.91 Å². The number of halogens is 1. The molecule has 1 amide bonds. The van der Waals surface area contributed by atoms with Crippen LogP contribution in [0.1, 0.15) is 37.8 Å². The molecule has 0 saturated carbocycles. The first-order valence-corrected chi connectivity index (χ1v) is 12.3. The highest BCUT2D eigenvalue weighted by Gasteiger charge is 2.07. The van der Waals surface area contributed by atoms with Gasteiger partial charge in [0.1, 0.15) is 18.1 Å². The summed E-state index contributed by atoms with van der Waals surface area (Å²) in [5.74, 6) is 2.18. The molecule has 0 atom stereocenters. The molecule has 0 aliphatic heterocycles. The number of rotatable bonds is 14. The molecule has 7 nitrogen and oxygen atoms in total. The van der Waals surface area contributed by atoms with Gasteiger partial charge in [0, 0.05) is 5.02 Å². The van der Waals surface area contributed by atoms with E-state index in [4.69, 9.17) is 30.5 Å². The Hall–Kier alpha value is -3.71. The summed E-state index contributed by atoms with van der Waals surface area (Å²) < 4.78 is 22.7.